The van der Waals surface area contributed by atoms with E-state index in [0.29, 0.717) is 5.92 Å². The van der Waals surface area contributed by atoms with Crippen LogP contribution in [0.1, 0.15) is 30.3 Å². The van der Waals surface area contributed by atoms with Gasteiger partial charge in [0.2, 0.25) is 0 Å². The zero-order chi connectivity index (χ0) is 14.4. The summed E-state index contributed by atoms with van der Waals surface area (Å²) in [6, 6.07) is 8.81. The number of aryl methyl sites for hydroxylation is 2. The highest BCUT2D eigenvalue weighted by atomic mass is 79.9. The van der Waals surface area contributed by atoms with Crippen molar-refractivity contribution >= 4 is 15.9 Å². The highest BCUT2D eigenvalue weighted by Gasteiger charge is 2.13. The maximum Gasteiger partial charge on any atom is 0.138 e. The number of aromatic nitrogens is 3. The number of hydrogen-bond acceptors (Lipinski definition) is 2. The standard InChI is InChI=1S/C16H22BrN3/c1-3-8-20-16(18-12-19-20)10-15(11-17)9-14-6-4-13(2)5-7-14/h4-7,12,15H,3,8-11H2,1-2H3. The fraction of sp³-hybridized carbons (Fsp3) is 0.500. The lowest BCUT2D eigenvalue weighted by Gasteiger charge is -2.14. The molecule has 0 saturated carbocycles. The lowest BCUT2D eigenvalue weighted by molar-refractivity contribution is 0.511. The van der Waals surface area contributed by atoms with E-state index in [4.69, 9.17) is 0 Å². The minimum absolute atomic E-state index is 0.553. The summed E-state index contributed by atoms with van der Waals surface area (Å²) in [5, 5.41) is 5.29. The Bertz CT molecular complexity index is 519. The number of hydrogen-bond donors (Lipinski definition) is 0. The normalized spacial score (nSPS) is 12.6. The number of rotatable bonds is 7. The maximum absolute atomic E-state index is 4.41. The summed E-state index contributed by atoms with van der Waals surface area (Å²) in [5.41, 5.74) is 2.70. The van der Waals surface area contributed by atoms with Crippen LogP contribution in [0.4, 0.5) is 0 Å². The molecule has 0 bridgehead atoms. The van der Waals surface area contributed by atoms with Crippen molar-refractivity contribution < 1.29 is 0 Å². The Labute approximate surface area is 129 Å². The molecule has 0 aliphatic carbocycles. The number of halogens is 1. The van der Waals surface area contributed by atoms with Gasteiger partial charge in [-0.3, -0.25) is 4.68 Å². The Morgan fingerprint density at radius 3 is 2.60 bits per heavy atom. The first-order valence-corrected chi connectivity index (χ1v) is 8.33. The highest BCUT2D eigenvalue weighted by Crippen LogP contribution is 2.16. The molecule has 0 saturated heterocycles. The molecule has 0 fully saturated rings. The first-order valence-electron chi connectivity index (χ1n) is 7.21. The molecule has 1 heterocycles. The van der Waals surface area contributed by atoms with Crippen LogP contribution in [0.3, 0.4) is 0 Å². The number of benzene rings is 1. The van der Waals surface area contributed by atoms with Crippen molar-refractivity contribution in [3.8, 4) is 0 Å². The molecular weight excluding hydrogens is 314 g/mol. The van der Waals surface area contributed by atoms with E-state index in [-0.39, 0.29) is 0 Å². The summed E-state index contributed by atoms with van der Waals surface area (Å²) >= 11 is 3.64. The van der Waals surface area contributed by atoms with Crippen molar-refractivity contribution in [1.82, 2.24) is 14.8 Å². The summed E-state index contributed by atoms with van der Waals surface area (Å²) in [6.07, 6.45) is 4.80. The van der Waals surface area contributed by atoms with Gasteiger partial charge in [0.25, 0.3) is 0 Å². The minimum Gasteiger partial charge on any atom is -0.250 e. The second-order valence-electron chi connectivity index (χ2n) is 5.31. The van der Waals surface area contributed by atoms with Crippen molar-refractivity contribution in [3.05, 3.63) is 47.5 Å². The molecule has 0 spiro atoms. The lowest BCUT2D eigenvalue weighted by atomic mass is 9.97. The fourth-order valence-corrected chi connectivity index (χ4v) is 2.80. The van der Waals surface area contributed by atoms with Gasteiger partial charge in [-0.05, 0) is 31.2 Å². The van der Waals surface area contributed by atoms with Crippen LogP contribution >= 0.6 is 15.9 Å². The molecule has 0 aliphatic heterocycles. The second-order valence-corrected chi connectivity index (χ2v) is 5.96. The summed E-state index contributed by atoms with van der Waals surface area (Å²) < 4.78 is 2.03. The molecule has 2 aromatic rings. The van der Waals surface area contributed by atoms with Crippen LogP contribution in [0.15, 0.2) is 30.6 Å². The molecule has 20 heavy (non-hydrogen) atoms. The molecular formula is C16H22BrN3. The van der Waals surface area contributed by atoms with E-state index in [1.54, 1.807) is 6.33 Å². The summed E-state index contributed by atoms with van der Waals surface area (Å²) in [4.78, 5) is 4.41. The summed E-state index contributed by atoms with van der Waals surface area (Å²) in [5.74, 6) is 1.65. The van der Waals surface area contributed by atoms with Crippen LogP contribution in [0.25, 0.3) is 0 Å². The average molecular weight is 336 g/mol. The summed E-state index contributed by atoms with van der Waals surface area (Å²) in [6.45, 7) is 5.24. The van der Waals surface area contributed by atoms with Crippen LogP contribution in [-0.4, -0.2) is 20.1 Å². The molecule has 0 aliphatic rings. The van der Waals surface area contributed by atoms with Crippen LogP contribution in [0.2, 0.25) is 0 Å². The van der Waals surface area contributed by atoms with Gasteiger partial charge in [-0.15, -0.1) is 0 Å². The Morgan fingerprint density at radius 1 is 1.20 bits per heavy atom. The first-order chi connectivity index (χ1) is 9.72. The molecule has 3 nitrogen and oxygen atoms in total. The Morgan fingerprint density at radius 2 is 1.95 bits per heavy atom. The maximum atomic E-state index is 4.41. The first kappa shape index (κ1) is 15.2. The molecule has 1 unspecified atom stereocenters. The van der Waals surface area contributed by atoms with Gasteiger partial charge in [0.1, 0.15) is 12.2 Å². The number of alkyl halides is 1. The molecule has 0 radical (unpaired) electrons. The Kier molecular flexibility index (Phi) is 5.77. The van der Waals surface area contributed by atoms with Gasteiger partial charge in [-0.1, -0.05) is 52.7 Å². The van der Waals surface area contributed by atoms with Crippen molar-refractivity contribution in [2.75, 3.05) is 5.33 Å². The SMILES string of the molecule is CCCn1ncnc1CC(CBr)Cc1ccc(C)cc1. The molecule has 2 rings (SSSR count). The van der Waals surface area contributed by atoms with E-state index in [0.717, 1.165) is 37.0 Å². The molecule has 108 valence electrons. The second kappa shape index (κ2) is 7.58. The van der Waals surface area contributed by atoms with Crippen LogP contribution in [0.5, 0.6) is 0 Å². The van der Waals surface area contributed by atoms with E-state index >= 15 is 0 Å². The van der Waals surface area contributed by atoms with Crippen LogP contribution in [-0.2, 0) is 19.4 Å². The molecule has 0 N–H and O–H groups in total. The van der Waals surface area contributed by atoms with E-state index in [1.807, 2.05) is 4.68 Å². The predicted molar refractivity (Wildman–Crippen MR) is 86.2 cm³/mol. The van der Waals surface area contributed by atoms with E-state index in [9.17, 15) is 0 Å². The van der Waals surface area contributed by atoms with E-state index in [2.05, 4.69) is 64.1 Å². The van der Waals surface area contributed by atoms with Gasteiger partial charge < -0.3 is 0 Å². The topological polar surface area (TPSA) is 30.7 Å². The van der Waals surface area contributed by atoms with E-state index in [1.165, 1.54) is 11.1 Å². The Hall–Kier alpha value is -1.16. The zero-order valence-corrected chi connectivity index (χ0v) is 13.8. The smallest absolute Gasteiger partial charge is 0.138 e. The summed E-state index contributed by atoms with van der Waals surface area (Å²) in [7, 11) is 0. The zero-order valence-electron chi connectivity index (χ0n) is 12.2. The van der Waals surface area contributed by atoms with Crippen molar-refractivity contribution in [3.63, 3.8) is 0 Å². The minimum atomic E-state index is 0.553. The third-order valence-electron chi connectivity index (χ3n) is 3.47. The number of nitrogens with zero attached hydrogens (tertiary/aromatic N) is 3. The van der Waals surface area contributed by atoms with Gasteiger partial charge in [0.15, 0.2) is 0 Å². The van der Waals surface area contributed by atoms with Crippen molar-refractivity contribution in [2.24, 2.45) is 5.92 Å². The highest BCUT2D eigenvalue weighted by molar-refractivity contribution is 9.09. The van der Waals surface area contributed by atoms with Gasteiger partial charge in [-0.25, -0.2) is 4.98 Å². The monoisotopic (exact) mass is 335 g/mol. The molecule has 4 heteroatoms. The van der Waals surface area contributed by atoms with Crippen LogP contribution in [0, 0.1) is 12.8 Å². The van der Waals surface area contributed by atoms with Crippen molar-refractivity contribution in [2.45, 2.75) is 39.7 Å². The van der Waals surface area contributed by atoms with Gasteiger partial charge in [-0.2, -0.15) is 5.10 Å². The lowest BCUT2D eigenvalue weighted by Crippen LogP contribution is -2.15. The van der Waals surface area contributed by atoms with Gasteiger partial charge >= 0.3 is 0 Å². The van der Waals surface area contributed by atoms with Crippen LogP contribution < -0.4 is 0 Å². The molecule has 1 atom stereocenters. The molecule has 0 amide bonds. The third-order valence-corrected chi connectivity index (χ3v) is 4.38. The molecule has 1 aromatic heterocycles. The third kappa shape index (κ3) is 4.17. The fourth-order valence-electron chi connectivity index (χ4n) is 2.34. The van der Waals surface area contributed by atoms with Gasteiger partial charge in [0, 0.05) is 18.3 Å². The predicted octanol–water partition coefficient (Wildman–Crippen LogP) is 3.79. The quantitative estimate of drug-likeness (QED) is 0.720. The van der Waals surface area contributed by atoms with Gasteiger partial charge in [0.05, 0.1) is 0 Å². The van der Waals surface area contributed by atoms with E-state index < -0.39 is 0 Å². The average Bonchev–Trinajstić information content (AvgIpc) is 2.88. The largest absolute Gasteiger partial charge is 0.250 e. The van der Waals surface area contributed by atoms with Crippen molar-refractivity contribution in [1.29, 1.82) is 0 Å². The molecule has 1 aromatic carbocycles. The Balaban J connectivity index is 2.01.